The number of carboxylic acids is 1. The smallest absolute Gasteiger partial charge is 0.321 e. The van der Waals surface area contributed by atoms with Gasteiger partial charge in [0.1, 0.15) is 6.04 Å². The molecule has 0 spiro atoms. The number of aliphatic hydroxyl groups is 1. The number of likely N-dealkylation sites (tertiary alicyclic amines) is 1. The molecule has 3 atom stereocenters. The average Bonchev–Trinajstić information content (AvgIpc) is 2.45. The van der Waals surface area contributed by atoms with Gasteiger partial charge in [-0.25, -0.2) is 0 Å². The van der Waals surface area contributed by atoms with Crippen LogP contribution in [0.1, 0.15) is 13.3 Å². The Balaban J connectivity index is 2.76. The molecule has 0 radical (unpaired) electrons. The minimum absolute atomic E-state index is 0.146. The fourth-order valence-corrected chi connectivity index (χ4v) is 1.67. The Hall–Kier alpha value is -1.14. The first-order valence-corrected chi connectivity index (χ1v) is 4.39. The van der Waals surface area contributed by atoms with Gasteiger partial charge >= 0.3 is 5.97 Å². The van der Waals surface area contributed by atoms with Crippen LogP contribution < -0.4 is 5.73 Å². The lowest BCUT2D eigenvalue weighted by molar-refractivity contribution is -0.143. The predicted molar refractivity (Wildman–Crippen MR) is 47.4 cm³/mol. The van der Waals surface area contributed by atoms with Gasteiger partial charge in [-0.05, 0) is 6.92 Å². The monoisotopic (exact) mass is 202 g/mol. The fourth-order valence-electron chi connectivity index (χ4n) is 1.67. The van der Waals surface area contributed by atoms with E-state index in [1.807, 2.05) is 0 Å². The summed E-state index contributed by atoms with van der Waals surface area (Å²) in [6, 6.07) is -1.47. The maximum absolute atomic E-state index is 10.9. The number of rotatable bonds is 3. The minimum atomic E-state index is -1.03. The Kier molecular flexibility index (Phi) is 3.07. The number of aliphatic carboxylic acids is 1. The van der Waals surface area contributed by atoms with Crippen molar-refractivity contribution in [3.63, 3.8) is 0 Å². The third kappa shape index (κ3) is 2.02. The SMILES string of the molecule is CC(C(N)=O)N1CC(O)CC1C(=O)O. The average molecular weight is 202 g/mol. The third-order valence-electron chi connectivity index (χ3n) is 2.51. The normalized spacial score (nSPS) is 30.1. The van der Waals surface area contributed by atoms with Crippen molar-refractivity contribution in [1.82, 2.24) is 4.90 Å². The van der Waals surface area contributed by atoms with Crippen LogP contribution >= 0.6 is 0 Å². The van der Waals surface area contributed by atoms with E-state index in [-0.39, 0.29) is 13.0 Å². The first kappa shape index (κ1) is 10.9. The summed E-state index contributed by atoms with van der Waals surface area (Å²) in [5.41, 5.74) is 5.07. The molecule has 4 N–H and O–H groups in total. The zero-order valence-electron chi connectivity index (χ0n) is 7.88. The summed E-state index contributed by atoms with van der Waals surface area (Å²) in [6.45, 7) is 1.72. The van der Waals surface area contributed by atoms with Crippen LogP contribution in [0.4, 0.5) is 0 Å². The second-order valence-electron chi connectivity index (χ2n) is 3.52. The highest BCUT2D eigenvalue weighted by atomic mass is 16.4. The lowest BCUT2D eigenvalue weighted by atomic mass is 10.2. The van der Waals surface area contributed by atoms with Crippen molar-refractivity contribution in [2.24, 2.45) is 5.73 Å². The van der Waals surface area contributed by atoms with Gasteiger partial charge in [-0.15, -0.1) is 0 Å². The van der Waals surface area contributed by atoms with Gasteiger partial charge in [0.05, 0.1) is 12.1 Å². The molecule has 1 saturated heterocycles. The fraction of sp³-hybridized carbons (Fsp3) is 0.750. The van der Waals surface area contributed by atoms with Gasteiger partial charge in [-0.2, -0.15) is 0 Å². The summed E-state index contributed by atoms with van der Waals surface area (Å²) in [6.07, 6.45) is -0.551. The van der Waals surface area contributed by atoms with Gasteiger partial charge in [0.15, 0.2) is 0 Å². The van der Waals surface area contributed by atoms with Gasteiger partial charge in [-0.1, -0.05) is 0 Å². The largest absolute Gasteiger partial charge is 0.480 e. The first-order valence-electron chi connectivity index (χ1n) is 4.39. The van der Waals surface area contributed by atoms with Crippen molar-refractivity contribution >= 4 is 11.9 Å². The molecule has 1 heterocycles. The number of nitrogens with zero attached hydrogens (tertiary/aromatic N) is 1. The second kappa shape index (κ2) is 3.93. The Morgan fingerprint density at radius 3 is 2.57 bits per heavy atom. The highest BCUT2D eigenvalue weighted by Crippen LogP contribution is 2.20. The van der Waals surface area contributed by atoms with Gasteiger partial charge < -0.3 is 15.9 Å². The van der Waals surface area contributed by atoms with Crippen molar-refractivity contribution in [2.75, 3.05) is 6.54 Å². The van der Waals surface area contributed by atoms with Crippen LogP contribution in [0.5, 0.6) is 0 Å². The van der Waals surface area contributed by atoms with E-state index in [1.54, 1.807) is 0 Å². The van der Waals surface area contributed by atoms with Crippen LogP contribution in [0, 0.1) is 0 Å². The summed E-state index contributed by atoms with van der Waals surface area (Å²) < 4.78 is 0. The van der Waals surface area contributed by atoms with E-state index in [0.717, 1.165) is 0 Å². The second-order valence-corrected chi connectivity index (χ2v) is 3.52. The molecule has 1 amide bonds. The Morgan fingerprint density at radius 2 is 2.14 bits per heavy atom. The van der Waals surface area contributed by atoms with Crippen LogP contribution in [-0.2, 0) is 9.59 Å². The number of aliphatic hydroxyl groups excluding tert-OH is 1. The highest BCUT2D eigenvalue weighted by Gasteiger charge is 2.39. The summed E-state index contributed by atoms with van der Waals surface area (Å²) in [5.74, 6) is -1.61. The lowest BCUT2D eigenvalue weighted by Crippen LogP contribution is -2.48. The lowest BCUT2D eigenvalue weighted by Gasteiger charge is -2.25. The number of hydrogen-bond acceptors (Lipinski definition) is 4. The molecule has 0 bridgehead atoms. The van der Waals surface area contributed by atoms with Gasteiger partial charge in [0.2, 0.25) is 5.91 Å². The van der Waals surface area contributed by atoms with Gasteiger partial charge in [0, 0.05) is 13.0 Å². The molecule has 0 aromatic carbocycles. The summed E-state index contributed by atoms with van der Waals surface area (Å²) in [7, 11) is 0. The molecule has 1 rings (SSSR count). The first-order chi connectivity index (χ1) is 6.43. The Bertz CT molecular complexity index is 256. The number of carbonyl (C=O) groups is 2. The van der Waals surface area contributed by atoms with Crippen molar-refractivity contribution < 1.29 is 19.8 Å². The minimum Gasteiger partial charge on any atom is -0.480 e. The molecular formula is C8H14N2O4. The van der Waals surface area contributed by atoms with Gasteiger partial charge in [0.25, 0.3) is 0 Å². The number of hydrogen-bond donors (Lipinski definition) is 3. The predicted octanol–water partition coefficient (Wildman–Crippen LogP) is -1.62. The van der Waals surface area contributed by atoms with Crippen molar-refractivity contribution in [3.05, 3.63) is 0 Å². The molecule has 0 aliphatic carbocycles. The van der Waals surface area contributed by atoms with E-state index in [1.165, 1.54) is 11.8 Å². The highest BCUT2D eigenvalue weighted by molar-refractivity contribution is 5.81. The molecule has 1 aliphatic rings. The van der Waals surface area contributed by atoms with Crippen molar-refractivity contribution in [2.45, 2.75) is 31.5 Å². The van der Waals surface area contributed by atoms with E-state index in [4.69, 9.17) is 10.8 Å². The molecule has 0 saturated carbocycles. The molecule has 1 aliphatic heterocycles. The molecule has 6 nitrogen and oxygen atoms in total. The zero-order valence-corrected chi connectivity index (χ0v) is 7.88. The van der Waals surface area contributed by atoms with E-state index in [0.29, 0.717) is 0 Å². The molecule has 0 aromatic heterocycles. The zero-order chi connectivity index (χ0) is 10.9. The standard InChI is InChI=1S/C8H14N2O4/c1-4(7(9)12)10-3-5(11)2-6(10)8(13)14/h4-6,11H,2-3H2,1H3,(H2,9,12)(H,13,14). The van der Waals surface area contributed by atoms with E-state index in [9.17, 15) is 14.7 Å². The maximum atomic E-state index is 10.9. The Labute approximate surface area is 81.3 Å². The summed E-state index contributed by atoms with van der Waals surface area (Å²) >= 11 is 0. The van der Waals surface area contributed by atoms with Crippen LogP contribution in [0.15, 0.2) is 0 Å². The molecule has 6 heteroatoms. The van der Waals surface area contributed by atoms with Gasteiger partial charge in [-0.3, -0.25) is 14.5 Å². The number of primary amides is 1. The molecule has 1 fully saturated rings. The molecule has 0 aromatic rings. The molecular weight excluding hydrogens is 188 g/mol. The Morgan fingerprint density at radius 1 is 1.57 bits per heavy atom. The molecule has 14 heavy (non-hydrogen) atoms. The topological polar surface area (TPSA) is 104 Å². The van der Waals surface area contributed by atoms with Crippen molar-refractivity contribution in [3.8, 4) is 0 Å². The molecule has 3 unspecified atom stereocenters. The number of carboxylic acid groups (broad SMARTS) is 1. The number of carbonyl (C=O) groups excluding carboxylic acids is 1. The maximum Gasteiger partial charge on any atom is 0.321 e. The van der Waals surface area contributed by atoms with Crippen LogP contribution in [0.3, 0.4) is 0 Å². The van der Waals surface area contributed by atoms with Crippen LogP contribution in [-0.4, -0.2) is 51.7 Å². The number of nitrogens with two attached hydrogens (primary N) is 1. The van der Waals surface area contributed by atoms with E-state index < -0.39 is 30.1 Å². The number of amides is 1. The van der Waals surface area contributed by atoms with E-state index in [2.05, 4.69) is 0 Å². The van der Waals surface area contributed by atoms with Crippen molar-refractivity contribution in [1.29, 1.82) is 0 Å². The summed E-state index contributed by atoms with van der Waals surface area (Å²) in [4.78, 5) is 23.1. The third-order valence-corrected chi connectivity index (χ3v) is 2.51. The molecule has 80 valence electrons. The summed E-state index contributed by atoms with van der Waals surface area (Å²) in [5, 5.41) is 18.1. The quantitative estimate of drug-likeness (QED) is 0.510. The van der Waals surface area contributed by atoms with Crippen LogP contribution in [0.25, 0.3) is 0 Å². The van der Waals surface area contributed by atoms with E-state index >= 15 is 0 Å². The van der Waals surface area contributed by atoms with Crippen LogP contribution in [0.2, 0.25) is 0 Å². The number of β-amino-alcohol motifs (C(OH)–C–C–N with tert-alkyl or cyclic N) is 1.